The van der Waals surface area contributed by atoms with Crippen molar-refractivity contribution in [2.24, 2.45) is 11.7 Å². The van der Waals surface area contributed by atoms with Crippen molar-refractivity contribution in [2.45, 2.75) is 117 Å². The van der Waals surface area contributed by atoms with Gasteiger partial charge in [0.05, 0.1) is 6.04 Å². The minimum absolute atomic E-state index is 0.0353. The van der Waals surface area contributed by atoms with Crippen molar-refractivity contribution in [2.75, 3.05) is 0 Å². The SMILES string of the molecule is CCCCCCCCCCCCCCCC(=O)C(=O)[C@@H](N)C(C)C. The maximum absolute atomic E-state index is 11.8. The third-order valence-electron chi connectivity index (χ3n) is 4.80. The van der Waals surface area contributed by atoms with E-state index < -0.39 is 6.04 Å². The van der Waals surface area contributed by atoms with Crippen molar-refractivity contribution in [3.63, 3.8) is 0 Å². The van der Waals surface area contributed by atoms with Gasteiger partial charge in [-0.15, -0.1) is 0 Å². The summed E-state index contributed by atoms with van der Waals surface area (Å²) in [5.41, 5.74) is 5.73. The van der Waals surface area contributed by atoms with Crippen molar-refractivity contribution in [1.82, 2.24) is 0 Å². The lowest BCUT2D eigenvalue weighted by Crippen LogP contribution is -2.40. The van der Waals surface area contributed by atoms with Gasteiger partial charge in [0.1, 0.15) is 0 Å². The first-order valence-corrected chi connectivity index (χ1v) is 10.3. The maximum Gasteiger partial charge on any atom is 0.215 e. The van der Waals surface area contributed by atoms with Crippen LogP contribution < -0.4 is 5.73 Å². The summed E-state index contributed by atoms with van der Waals surface area (Å²) in [7, 11) is 0. The predicted octanol–water partition coefficient (Wildman–Crippen LogP) is 5.59. The van der Waals surface area contributed by atoms with E-state index in [4.69, 9.17) is 5.73 Å². The molecular formula is C21H41NO2. The fraction of sp³-hybridized carbons (Fsp3) is 0.905. The zero-order chi connectivity index (χ0) is 18.2. The summed E-state index contributed by atoms with van der Waals surface area (Å²) in [6.45, 7) is 6.01. The largest absolute Gasteiger partial charge is 0.321 e. The number of hydrogen-bond donors (Lipinski definition) is 1. The minimum atomic E-state index is -0.625. The number of rotatable bonds is 17. The first-order chi connectivity index (χ1) is 11.5. The Labute approximate surface area is 150 Å². The molecule has 0 saturated carbocycles. The smallest absolute Gasteiger partial charge is 0.215 e. The molecule has 0 amide bonds. The minimum Gasteiger partial charge on any atom is -0.321 e. The van der Waals surface area contributed by atoms with E-state index in [0.29, 0.717) is 6.42 Å². The molecule has 0 aliphatic heterocycles. The van der Waals surface area contributed by atoms with Crippen LogP contribution in [0.2, 0.25) is 0 Å². The van der Waals surface area contributed by atoms with E-state index in [1.807, 2.05) is 13.8 Å². The van der Waals surface area contributed by atoms with Crippen molar-refractivity contribution in [3.05, 3.63) is 0 Å². The molecule has 3 heteroatoms. The van der Waals surface area contributed by atoms with E-state index in [0.717, 1.165) is 12.8 Å². The van der Waals surface area contributed by atoms with Gasteiger partial charge in [-0.05, 0) is 12.3 Å². The van der Waals surface area contributed by atoms with Gasteiger partial charge in [0.15, 0.2) is 5.78 Å². The van der Waals surface area contributed by atoms with E-state index >= 15 is 0 Å². The molecule has 0 radical (unpaired) electrons. The molecule has 24 heavy (non-hydrogen) atoms. The predicted molar refractivity (Wildman–Crippen MR) is 103 cm³/mol. The Morgan fingerprint density at radius 2 is 1.08 bits per heavy atom. The van der Waals surface area contributed by atoms with Crippen LogP contribution in [0.5, 0.6) is 0 Å². The second kappa shape index (κ2) is 15.8. The van der Waals surface area contributed by atoms with E-state index in [-0.39, 0.29) is 17.5 Å². The van der Waals surface area contributed by atoms with Crippen molar-refractivity contribution >= 4 is 11.6 Å². The molecule has 0 bridgehead atoms. The molecule has 0 rings (SSSR count). The monoisotopic (exact) mass is 339 g/mol. The average molecular weight is 340 g/mol. The summed E-state index contributed by atoms with van der Waals surface area (Å²) < 4.78 is 0. The fourth-order valence-corrected chi connectivity index (χ4v) is 2.92. The first-order valence-electron chi connectivity index (χ1n) is 10.3. The van der Waals surface area contributed by atoms with E-state index in [1.54, 1.807) is 0 Å². The summed E-state index contributed by atoms with van der Waals surface area (Å²) in [4.78, 5) is 23.5. The number of nitrogens with two attached hydrogens (primary N) is 1. The zero-order valence-electron chi connectivity index (χ0n) is 16.4. The van der Waals surface area contributed by atoms with E-state index in [2.05, 4.69) is 6.92 Å². The molecule has 142 valence electrons. The summed E-state index contributed by atoms with van der Waals surface area (Å²) in [5.74, 6) is -0.628. The molecule has 0 unspecified atom stereocenters. The highest BCUT2D eigenvalue weighted by Crippen LogP contribution is 2.13. The van der Waals surface area contributed by atoms with Gasteiger partial charge in [-0.25, -0.2) is 0 Å². The van der Waals surface area contributed by atoms with Crippen LogP contribution in [-0.2, 0) is 9.59 Å². The molecule has 0 saturated heterocycles. The number of Topliss-reactive ketones (excluding diaryl/α,β-unsaturated/α-hetero) is 2. The van der Waals surface area contributed by atoms with Gasteiger partial charge in [0, 0.05) is 6.42 Å². The van der Waals surface area contributed by atoms with Gasteiger partial charge in [-0.1, -0.05) is 97.8 Å². The Kier molecular flexibility index (Phi) is 15.3. The van der Waals surface area contributed by atoms with Gasteiger partial charge in [-0.3, -0.25) is 9.59 Å². The van der Waals surface area contributed by atoms with E-state index in [9.17, 15) is 9.59 Å². The van der Waals surface area contributed by atoms with Crippen LogP contribution in [0.1, 0.15) is 111 Å². The molecule has 0 aliphatic carbocycles. The van der Waals surface area contributed by atoms with Crippen molar-refractivity contribution in [3.8, 4) is 0 Å². The average Bonchev–Trinajstić information content (AvgIpc) is 2.57. The number of ketones is 2. The second-order valence-corrected chi connectivity index (χ2v) is 7.55. The summed E-state index contributed by atoms with van der Waals surface area (Å²) in [6.07, 6.45) is 17.0. The summed E-state index contributed by atoms with van der Waals surface area (Å²) >= 11 is 0. The number of unbranched alkanes of at least 4 members (excludes halogenated alkanes) is 12. The normalized spacial score (nSPS) is 12.5. The van der Waals surface area contributed by atoms with Crippen LogP contribution in [0, 0.1) is 5.92 Å². The third-order valence-corrected chi connectivity index (χ3v) is 4.80. The molecule has 0 aliphatic rings. The van der Waals surface area contributed by atoms with E-state index in [1.165, 1.54) is 70.6 Å². The zero-order valence-corrected chi connectivity index (χ0v) is 16.4. The third kappa shape index (κ3) is 12.7. The highest BCUT2D eigenvalue weighted by atomic mass is 16.2. The molecule has 3 nitrogen and oxygen atoms in total. The fourth-order valence-electron chi connectivity index (χ4n) is 2.92. The first kappa shape index (κ1) is 23.3. The van der Waals surface area contributed by atoms with Gasteiger partial charge in [0.25, 0.3) is 0 Å². The Hall–Kier alpha value is -0.700. The van der Waals surface area contributed by atoms with Gasteiger partial charge in [-0.2, -0.15) is 0 Å². The Balaban J connectivity index is 3.36. The molecule has 0 aromatic rings. The van der Waals surface area contributed by atoms with Crippen molar-refractivity contribution in [1.29, 1.82) is 0 Å². The highest BCUT2D eigenvalue weighted by molar-refractivity contribution is 6.39. The topological polar surface area (TPSA) is 60.2 Å². The van der Waals surface area contributed by atoms with Gasteiger partial charge in [0.2, 0.25) is 5.78 Å². The van der Waals surface area contributed by atoms with Crippen LogP contribution in [0.25, 0.3) is 0 Å². The van der Waals surface area contributed by atoms with Crippen LogP contribution in [0.4, 0.5) is 0 Å². The Morgan fingerprint density at radius 3 is 1.46 bits per heavy atom. The van der Waals surface area contributed by atoms with Crippen molar-refractivity contribution < 1.29 is 9.59 Å². The molecule has 1 atom stereocenters. The highest BCUT2D eigenvalue weighted by Gasteiger charge is 2.23. The van der Waals surface area contributed by atoms with Crippen LogP contribution in [-0.4, -0.2) is 17.6 Å². The summed E-state index contributed by atoms with van der Waals surface area (Å²) in [5, 5.41) is 0. The number of carbonyl (C=O) groups excluding carboxylic acids is 2. The quantitative estimate of drug-likeness (QED) is 0.277. The Morgan fingerprint density at radius 1 is 0.708 bits per heavy atom. The second-order valence-electron chi connectivity index (χ2n) is 7.55. The van der Waals surface area contributed by atoms with Crippen LogP contribution in [0.3, 0.4) is 0 Å². The van der Waals surface area contributed by atoms with Gasteiger partial charge < -0.3 is 5.73 Å². The lowest BCUT2D eigenvalue weighted by Gasteiger charge is -2.12. The number of carbonyl (C=O) groups is 2. The lowest BCUT2D eigenvalue weighted by molar-refractivity contribution is -0.137. The standard InChI is InChI=1S/C21H41NO2/c1-4-5-6-7-8-9-10-11-12-13-14-15-16-17-19(23)21(24)20(22)18(2)3/h18,20H,4-17,22H2,1-3H3/t20-/m0/s1. The lowest BCUT2D eigenvalue weighted by atomic mass is 9.96. The molecule has 0 spiro atoms. The molecule has 0 aromatic heterocycles. The molecule has 0 heterocycles. The van der Waals surface area contributed by atoms with Gasteiger partial charge >= 0.3 is 0 Å². The summed E-state index contributed by atoms with van der Waals surface area (Å²) in [6, 6.07) is -0.625. The molecule has 2 N–H and O–H groups in total. The molecular weight excluding hydrogens is 298 g/mol. The Bertz CT molecular complexity index is 326. The maximum atomic E-state index is 11.8. The molecule has 0 aromatic carbocycles. The van der Waals surface area contributed by atoms with Crippen LogP contribution >= 0.6 is 0 Å². The van der Waals surface area contributed by atoms with Crippen LogP contribution in [0.15, 0.2) is 0 Å². The molecule has 0 fully saturated rings. The number of hydrogen-bond acceptors (Lipinski definition) is 3.